The van der Waals surface area contributed by atoms with Gasteiger partial charge in [-0.2, -0.15) is 13.2 Å². The Balaban J connectivity index is 2.19. The van der Waals surface area contributed by atoms with Crippen LogP contribution < -0.4 is 10.5 Å². The van der Waals surface area contributed by atoms with Gasteiger partial charge in [0.1, 0.15) is 18.2 Å². The van der Waals surface area contributed by atoms with E-state index in [1.807, 2.05) is 0 Å². The minimum atomic E-state index is -4.56. The van der Waals surface area contributed by atoms with Crippen LogP contribution >= 0.6 is 0 Å². The maximum Gasteiger partial charge on any atom is 0.419 e. The van der Waals surface area contributed by atoms with Crippen molar-refractivity contribution in [2.45, 2.75) is 25.1 Å². The maximum absolute atomic E-state index is 13.0. The van der Waals surface area contributed by atoms with Crippen LogP contribution in [-0.2, 0) is 10.9 Å². The van der Waals surface area contributed by atoms with Crippen molar-refractivity contribution in [1.82, 2.24) is 0 Å². The second-order valence-electron chi connectivity index (χ2n) is 4.57. The summed E-state index contributed by atoms with van der Waals surface area (Å²) >= 11 is 0. The van der Waals surface area contributed by atoms with Gasteiger partial charge in [-0.15, -0.1) is 0 Å². The molecule has 110 valence electrons. The average molecular weight is 288 g/mol. The molecule has 1 heterocycles. The lowest BCUT2D eigenvalue weighted by Gasteiger charge is -2.17. The van der Waals surface area contributed by atoms with Crippen LogP contribution in [-0.4, -0.2) is 25.2 Å². The SMILES string of the molecule is N=C(N)c1ccc(OCC2CCCO2)c(C(F)(F)F)c1. The second-order valence-corrected chi connectivity index (χ2v) is 4.57. The van der Waals surface area contributed by atoms with Crippen LogP contribution in [0.2, 0.25) is 0 Å². The van der Waals surface area contributed by atoms with Gasteiger partial charge < -0.3 is 15.2 Å². The van der Waals surface area contributed by atoms with Crippen LogP contribution in [0.15, 0.2) is 18.2 Å². The number of hydrogen-bond donors (Lipinski definition) is 2. The zero-order valence-corrected chi connectivity index (χ0v) is 10.7. The quantitative estimate of drug-likeness (QED) is 0.661. The van der Waals surface area contributed by atoms with Crippen molar-refractivity contribution in [2.24, 2.45) is 5.73 Å². The lowest BCUT2D eigenvalue weighted by molar-refractivity contribution is -0.139. The van der Waals surface area contributed by atoms with Crippen molar-refractivity contribution in [1.29, 1.82) is 5.41 Å². The van der Waals surface area contributed by atoms with Crippen molar-refractivity contribution in [3.63, 3.8) is 0 Å². The van der Waals surface area contributed by atoms with Gasteiger partial charge in [0, 0.05) is 12.2 Å². The predicted octanol–water partition coefficient (Wildman–Crippen LogP) is 2.55. The monoisotopic (exact) mass is 288 g/mol. The summed E-state index contributed by atoms with van der Waals surface area (Å²) in [5.74, 6) is -0.681. The van der Waals surface area contributed by atoms with Gasteiger partial charge in [0.2, 0.25) is 0 Å². The van der Waals surface area contributed by atoms with E-state index >= 15 is 0 Å². The largest absolute Gasteiger partial charge is 0.490 e. The third-order valence-electron chi connectivity index (χ3n) is 3.04. The molecule has 1 atom stereocenters. The van der Waals surface area contributed by atoms with Crippen molar-refractivity contribution in [2.75, 3.05) is 13.2 Å². The summed E-state index contributed by atoms with van der Waals surface area (Å²) in [6.07, 6.45) is -3.04. The van der Waals surface area contributed by atoms with E-state index in [4.69, 9.17) is 20.6 Å². The molecule has 4 nitrogen and oxygen atoms in total. The summed E-state index contributed by atoms with van der Waals surface area (Å²) in [4.78, 5) is 0. The molecule has 0 radical (unpaired) electrons. The summed E-state index contributed by atoms with van der Waals surface area (Å²) in [7, 11) is 0. The molecule has 1 aromatic carbocycles. The molecule has 7 heteroatoms. The number of alkyl halides is 3. The molecule has 1 aromatic rings. The van der Waals surface area contributed by atoms with Crippen LogP contribution in [0, 0.1) is 5.41 Å². The first kappa shape index (κ1) is 14.6. The Morgan fingerprint density at radius 2 is 2.20 bits per heavy atom. The zero-order chi connectivity index (χ0) is 14.8. The van der Waals surface area contributed by atoms with Gasteiger partial charge in [0.25, 0.3) is 0 Å². The summed E-state index contributed by atoms with van der Waals surface area (Å²) in [6, 6.07) is 3.35. The van der Waals surface area contributed by atoms with Gasteiger partial charge in [0.15, 0.2) is 0 Å². The number of rotatable bonds is 4. The third kappa shape index (κ3) is 3.41. The third-order valence-corrected chi connectivity index (χ3v) is 3.04. The maximum atomic E-state index is 13.0. The molecule has 0 aliphatic carbocycles. The van der Waals surface area contributed by atoms with Gasteiger partial charge in [-0.25, -0.2) is 0 Å². The molecule has 0 bridgehead atoms. The number of halogens is 3. The van der Waals surface area contributed by atoms with E-state index in [1.165, 1.54) is 12.1 Å². The van der Waals surface area contributed by atoms with E-state index in [1.54, 1.807) is 0 Å². The Labute approximate surface area is 114 Å². The fraction of sp³-hybridized carbons (Fsp3) is 0.462. The fourth-order valence-corrected chi connectivity index (χ4v) is 2.00. The van der Waals surface area contributed by atoms with Crippen LogP contribution in [0.25, 0.3) is 0 Å². The van der Waals surface area contributed by atoms with Crippen LogP contribution in [0.5, 0.6) is 5.75 Å². The summed E-state index contributed by atoms with van der Waals surface area (Å²) < 4.78 is 49.4. The van der Waals surface area contributed by atoms with Crippen LogP contribution in [0.1, 0.15) is 24.0 Å². The summed E-state index contributed by atoms with van der Waals surface area (Å²) in [5, 5.41) is 7.19. The van der Waals surface area contributed by atoms with E-state index < -0.39 is 17.6 Å². The molecule has 0 amide bonds. The normalized spacial score (nSPS) is 19.1. The molecule has 1 aliphatic rings. The first-order valence-corrected chi connectivity index (χ1v) is 6.18. The molecular formula is C13H15F3N2O2. The van der Waals surface area contributed by atoms with E-state index in [0.717, 1.165) is 18.9 Å². The first-order valence-electron chi connectivity index (χ1n) is 6.18. The number of nitrogens with two attached hydrogens (primary N) is 1. The molecule has 20 heavy (non-hydrogen) atoms. The fourth-order valence-electron chi connectivity index (χ4n) is 2.00. The lowest BCUT2D eigenvalue weighted by atomic mass is 10.1. The van der Waals surface area contributed by atoms with Crippen molar-refractivity contribution >= 4 is 5.84 Å². The van der Waals surface area contributed by atoms with Gasteiger partial charge in [-0.05, 0) is 31.0 Å². The smallest absolute Gasteiger partial charge is 0.419 e. The van der Waals surface area contributed by atoms with Crippen molar-refractivity contribution < 1.29 is 22.6 Å². The first-order chi connectivity index (χ1) is 9.38. The Hall–Kier alpha value is -1.76. The number of amidine groups is 1. The highest BCUT2D eigenvalue weighted by Crippen LogP contribution is 2.37. The van der Waals surface area contributed by atoms with Crippen LogP contribution in [0.3, 0.4) is 0 Å². The Kier molecular flexibility index (Phi) is 4.17. The molecule has 3 N–H and O–H groups in total. The molecule has 1 unspecified atom stereocenters. The van der Waals surface area contributed by atoms with Crippen molar-refractivity contribution in [3.05, 3.63) is 29.3 Å². The van der Waals surface area contributed by atoms with E-state index in [0.29, 0.717) is 6.61 Å². The number of benzene rings is 1. The topological polar surface area (TPSA) is 68.3 Å². The highest BCUT2D eigenvalue weighted by atomic mass is 19.4. The summed E-state index contributed by atoms with van der Waals surface area (Å²) in [6.45, 7) is 0.700. The minimum absolute atomic E-state index is 0.0155. The number of nitrogen functional groups attached to an aromatic ring is 1. The molecule has 1 fully saturated rings. The molecule has 1 aliphatic heterocycles. The van der Waals surface area contributed by atoms with Gasteiger partial charge >= 0.3 is 6.18 Å². The highest BCUT2D eigenvalue weighted by Gasteiger charge is 2.35. The summed E-state index contributed by atoms with van der Waals surface area (Å²) in [5.41, 5.74) is 4.29. The van der Waals surface area contributed by atoms with E-state index in [9.17, 15) is 13.2 Å². The van der Waals surface area contributed by atoms with Gasteiger partial charge in [0.05, 0.1) is 11.7 Å². The standard InChI is InChI=1S/C13H15F3N2O2/c14-13(15,16)10-6-8(12(17)18)3-4-11(10)20-7-9-2-1-5-19-9/h3-4,6,9H,1-2,5,7H2,(H3,17,18). The van der Waals surface area contributed by atoms with E-state index in [-0.39, 0.29) is 24.0 Å². The molecular weight excluding hydrogens is 273 g/mol. The molecule has 0 spiro atoms. The van der Waals surface area contributed by atoms with Gasteiger partial charge in [-0.1, -0.05) is 0 Å². The van der Waals surface area contributed by atoms with Gasteiger partial charge in [-0.3, -0.25) is 5.41 Å². The van der Waals surface area contributed by atoms with Crippen molar-refractivity contribution in [3.8, 4) is 5.75 Å². The average Bonchev–Trinajstić information content (AvgIpc) is 2.88. The minimum Gasteiger partial charge on any atom is -0.490 e. The molecule has 1 saturated heterocycles. The Bertz CT molecular complexity index is 497. The second kappa shape index (κ2) is 5.70. The number of ether oxygens (including phenoxy) is 2. The Morgan fingerprint density at radius 3 is 2.75 bits per heavy atom. The zero-order valence-electron chi connectivity index (χ0n) is 10.7. The lowest BCUT2D eigenvalue weighted by Crippen LogP contribution is -2.19. The van der Waals surface area contributed by atoms with E-state index in [2.05, 4.69) is 0 Å². The molecule has 0 saturated carbocycles. The Morgan fingerprint density at radius 1 is 1.45 bits per heavy atom. The highest BCUT2D eigenvalue weighted by molar-refractivity contribution is 5.95. The number of hydrogen-bond acceptors (Lipinski definition) is 3. The van der Waals surface area contributed by atoms with Crippen LogP contribution in [0.4, 0.5) is 13.2 Å². The predicted molar refractivity (Wildman–Crippen MR) is 66.9 cm³/mol. The molecule has 2 rings (SSSR count). The number of nitrogens with one attached hydrogen (secondary N) is 1. The molecule has 0 aromatic heterocycles.